The van der Waals surface area contributed by atoms with Crippen molar-refractivity contribution in [2.24, 2.45) is 0 Å². The van der Waals surface area contributed by atoms with Gasteiger partial charge >= 0.3 is 0 Å². The van der Waals surface area contributed by atoms with Crippen molar-refractivity contribution in [3.05, 3.63) is 77.6 Å². The number of phenolic OH excluding ortho intramolecular Hbond substituents is 2. The van der Waals surface area contributed by atoms with Gasteiger partial charge in [0.1, 0.15) is 22.8 Å². The number of aromatic hydroxyl groups is 2. The van der Waals surface area contributed by atoms with Crippen LogP contribution in [0.1, 0.15) is 23.6 Å². The summed E-state index contributed by atoms with van der Waals surface area (Å²) in [5, 5.41) is 39.6. The summed E-state index contributed by atoms with van der Waals surface area (Å²) in [6.07, 6.45) is 4.17. The van der Waals surface area contributed by atoms with Crippen molar-refractivity contribution in [3.63, 3.8) is 0 Å². The lowest BCUT2D eigenvalue weighted by Gasteiger charge is -2.11. The molecule has 0 aliphatic carbocycles. The minimum atomic E-state index is -0.0768. The molecule has 2 aromatic carbocycles. The largest absolute Gasteiger partial charge is 0.508 e. The van der Waals surface area contributed by atoms with E-state index in [1.165, 1.54) is 6.07 Å². The van der Waals surface area contributed by atoms with Gasteiger partial charge in [-0.3, -0.25) is 0 Å². The Morgan fingerprint density at radius 1 is 1.06 bits per heavy atom. The van der Waals surface area contributed by atoms with Crippen LogP contribution in [0.4, 0.5) is 0 Å². The molecule has 0 fully saturated rings. The molecule has 3 N–H and O–H groups in total. The van der Waals surface area contributed by atoms with Crippen LogP contribution >= 0.6 is 0 Å². The fourth-order valence-electron chi connectivity index (χ4n) is 3.91. The summed E-state index contributed by atoms with van der Waals surface area (Å²) in [7, 11) is 0. The molecule has 162 valence electrons. The number of nitriles is 1. The zero-order valence-corrected chi connectivity index (χ0v) is 17.8. The lowest BCUT2D eigenvalue weighted by molar-refractivity contribution is 0.447. The summed E-state index contributed by atoms with van der Waals surface area (Å²) in [6, 6.07) is 16.4. The fraction of sp³-hybridized carbons (Fsp3) is 0.120. The second-order valence-corrected chi connectivity index (χ2v) is 7.74. The lowest BCUT2D eigenvalue weighted by Crippen LogP contribution is -2.04. The molecule has 5 rings (SSSR count). The van der Waals surface area contributed by atoms with Gasteiger partial charge in [-0.2, -0.15) is 5.26 Å². The molecule has 8 heteroatoms. The van der Waals surface area contributed by atoms with Gasteiger partial charge in [-0.1, -0.05) is 24.3 Å². The molecule has 0 radical (unpaired) electrons. The summed E-state index contributed by atoms with van der Waals surface area (Å²) in [5.41, 5.74) is 5.47. The zero-order chi connectivity index (χ0) is 22.9. The number of aromatic amines is 1. The van der Waals surface area contributed by atoms with Crippen LogP contribution in [0, 0.1) is 11.3 Å². The maximum Gasteiger partial charge on any atom is 0.137 e. The van der Waals surface area contributed by atoms with E-state index in [2.05, 4.69) is 26.3 Å². The van der Waals surface area contributed by atoms with E-state index in [1.807, 2.05) is 37.4 Å². The number of aryl methyl sites for hydroxylation is 1. The number of nitrogens with zero attached hydrogens (tertiary/aromatic N) is 5. The van der Waals surface area contributed by atoms with Crippen LogP contribution < -0.4 is 0 Å². The Labute approximate surface area is 189 Å². The van der Waals surface area contributed by atoms with Crippen LogP contribution in [-0.2, 0) is 13.0 Å². The lowest BCUT2D eigenvalue weighted by atomic mass is 10.0. The normalized spacial score (nSPS) is 11.0. The third kappa shape index (κ3) is 3.66. The van der Waals surface area contributed by atoms with E-state index in [1.54, 1.807) is 29.1 Å². The molecule has 8 nitrogen and oxygen atoms in total. The fourth-order valence-corrected chi connectivity index (χ4v) is 3.91. The molecule has 5 aromatic rings. The van der Waals surface area contributed by atoms with Gasteiger partial charge < -0.3 is 15.2 Å². The number of rotatable bonds is 5. The maximum atomic E-state index is 10.6. The standard InChI is InChI=1S/C25H20N6O2/c1-2-17-10-20(22(33)11-21(17)32)23-24(19-9-18-7-8-27-25(18)28-13-19)31(30-29-23)14-16-5-3-15(12-26)4-6-16/h3-11,13,32-33H,2,14H2,1H3,(H,27,28). The van der Waals surface area contributed by atoms with Crippen molar-refractivity contribution in [2.45, 2.75) is 19.9 Å². The number of nitrogens with one attached hydrogen (secondary N) is 1. The Morgan fingerprint density at radius 3 is 2.64 bits per heavy atom. The Hall–Kier alpha value is -4.64. The molecule has 0 unspecified atom stereocenters. The number of hydrogen-bond donors (Lipinski definition) is 3. The second-order valence-electron chi connectivity index (χ2n) is 7.74. The number of fused-ring (bicyclic) bond motifs is 1. The summed E-state index contributed by atoms with van der Waals surface area (Å²) < 4.78 is 1.75. The predicted molar refractivity (Wildman–Crippen MR) is 124 cm³/mol. The van der Waals surface area contributed by atoms with E-state index in [0.717, 1.165) is 22.2 Å². The number of pyridine rings is 1. The number of benzene rings is 2. The highest BCUT2D eigenvalue weighted by Crippen LogP contribution is 2.39. The van der Waals surface area contributed by atoms with Crippen LogP contribution in [-0.4, -0.2) is 35.2 Å². The monoisotopic (exact) mass is 436 g/mol. The Bertz CT molecular complexity index is 1510. The predicted octanol–water partition coefficient (Wildman–Crippen LogP) is 4.38. The van der Waals surface area contributed by atoms with Crippen LogP contribution in [0.5, 0.6) is 11.5 Å². The molecule has 3 aromatic heterocycles. The zero-order valence-electron chi connectivity index (χ0n) is 17.8. The highest BCUT2D eigenvalue weighted by atomic mass is 16.3. The molecular weight excluding hydrogens is 416 g/mol. The van der Waals surface area contributed by atoms with Gasteiger partial charge in [0, 0.05) is 35.0 Å². The van der Waals surface area contributed by atoms with E-state index < -0.39 is 0 Å². The van der Waals surface area contributed by atoms with E-state index in [9.17, 15) is 10.2 Å². The minimum absolute atomic E-state index is 0.0423. The summed E-state index contributed by atoms with van der Waals surface area (Å²) in [5.74, 6) is -0.0345. The third-order valence-electron chi connectivity index (χ3n) is 5.66. The SMILES string of the molecule is CCc1cc(-c2nnn(Cc3ccc(C#N)cc3)c2-c2cnc3[nH]ccc3c2)c(O)cc1O. The van der Waals surface area contributed by atoms with Crippen molar-refractivity contribution in [1.82, 2.24) is 25.0 Å². The number of phenols is 2. The second kappa shape index (κ2) is 8.13. The van der Waals surface area contributed by atoms with Gasteiger partial charge in [0.25, 0.3) is 0 Å². The summed E-state index contributed by atoms with van der Waals surface area (Å²) >= 11 is 0. The minimum Gasteiger partial charge on any atom is -0.508 e. The average Bonchev–Trinajstić information content (AvgIpc) is 3.46. The first-order valence-corrected chi connectivity index (χ1v) is 10.5. The van der Waals surface area contributed by atoms with E-state index in [0.29, 0.717) is 41.0 Å². The first-order valence-electron chi connectivity index (χ1n) is 10.5. The van der Waals surface area contributed by atoms with Gasteiger partial charge in [0.15, 0.2) is 0 Å². The van der Waals surface area contributed by atoms with Crippen molar-refractivity contribution in [2.75, 3.05) is 0 Å². The van der Waals surface area contributed by atoms with Crippen molar-refractivity contribution in [1.29, 1.82) is 5.26 Å². The van der Waals surface area contributed by atoms with Gasteiger partial charge in [-0.05, 0) is 47.9 Å². The molecule has 0 spiro atoms. The van der Waals surface area contributed by atoms with Crippen molar-refractivity contribution < 1.29 is 10.2 Å². The van der Waals surface area contributed by atoms with E-state index >= 15 is 0 Å². The third-order valence-corrected chi connectivity index (χ3v) is 5.66. The van der Waals surface area contributed by atoms with Crippen molar-refractivity contribution in [3.8, 4) is 40.1 Å². The Morgan fingerprint density at radius 2 is 1.88 bits per heavy atom. The first-order chi connectivity index (χ1) is 16.1. The van der Waals surface area contributed by atoms with Gasteiger partial charge in [-0.15, -0.1) is 5.10 Å². The topological polar surface area (TPSA) is 124 Å². The maximum absolute atomic E-state index is 10.6. The molecule has 0 saturated carbocycles. The summed E-state index contributed by atoms with van der Waals surface area (Å²) in [4.78, 5) is 7.60. The number of H-pyrrole nitrogens is 1. The van der Waals surface area contributed by atoms with Crippen LogP contribution in [0.2, 0.25) is 0 Å². The van der Waals surface area contributed by atoms with Crippen molar-refractivity contribution >= 4 is 11.0 Å². The summed E-state index contributed by atoms with van der Waals surface area (Å²) in [6.45, 7) is 2.35. The smallest absolute Gasteiger partial charge is 0.137 e. The Balaban J connectivity index is 1.69. The molecule has 0 saturated heterocycles. The quantitative estimate of drug-likeness (QED) is 0.376. The number of aromatic nitrogens is 5. The van der Waals surface area contributed by atoms with Crippen LogP contribution in [0.15, 0.2) is 60.9 Å². The van der Waals surface area contributed by atoms with Crippen LogP contribution in [0.3, 0.4) is 0 Å². The average molecular weight is 436 g/mol. The molecule has 0 aliphatic heterocycles. The highest BCUT2D eigenvalue weighted by molar-refractivity contribution is 5.86. The molecule has 0 amide bonds. The van der Waals surface area contributed by atoms with Gasteiger partial charge in [0.05, 0.1) is 23.9 Å². The molecular formula is C25H20N6O2. The molecule has 33 heavy (non-hydrogen) atoms. The molecule has 3 heterocycles. The van der Waals surface area contributed by atoms with E-state index in [4.69, 9.17) is 5.26 Å². The molecule has 0 aliphatic rings. The Kier molecular flexibility index (Phi) is 4.99. The van der Waals surface area contributed by atoms with Gasteiger partial charge in [0.2, 0.25) is 0 Å². The highest BCUT2D eigenvalue weighted by Gasteiger charge is 2.21. The van der Waals surface area contributed by atoms with Gasteiger partial charge in [-0.25, -0.2) is 9.67 Å². The first kappa shape index (κ1) is 20.3. The molecule has 0 bridgehead atoms. The number of hydrogen-bond acceptors (Lipinski definition) is 6. The van der Waals surface area contributed by atoms with Crippen LogP contribution in [0.25, 0.3) is 33.5 Å². The molecule has 0 atom stereocenters. The van der Waals surface area contributed by atoms with E-state index in [-0.39, 0.29) is 11.5 Å².